The van der Waals surface area contributed by atoms with E-state index in [-0.39, 0.29) is 17.9 Å². The summed E-state index contributed by atoms with van der Waals surface area (Å²) in [6.07, 6.45) is 1.62. The maximum absolute atomic E-state index is 13.3. The molecule has 0 saturated carbocycles. The molecular formula is C24H20N6O2S. The Balaban J connectivity index is 1.53. The Morgan fingerprint density at radius 1 is 1.12 bits per heavy atom. The fourth-order valence-corrected chi connectivity index (χ4v) is 4.60. The highest BCUT2D eigenvalue weighted by Crippen LogP contribution is 2.25. The second-order valence-electron chi connectivity index (χ2n) is 7.49. The number of benzene rings is 2. The number of para-hydroxylation sites is 1. The van der Waals surface area contributed by atoms with Crippen LogP contribution in [0, 0.1) is 6.92 Å². The predicted molar refractivity (Wildman–Crippen MR) is 130 cm³/mol. The van der Waals surface area contributed by atoms with Crippen LogP contribution in [0.3, 0.4) is 0 Å². The fourth-order valence-electron chi connectivity index (χ4n) is 3.72. The summed E-state index contributed by atoms with van der Waals surface area (Å²) < 4.78 is 4.09. The van der Waals surface area contributed by atoms with Gasteiger partial charge in [0, 0.05) is 23.4 Å². The Morgan fingerprint density at radius 2 is 1.88 bits per heavy atom. The number of thiazole rings is 1. The molecule has 1 N–H and O–H groups in total. The van der Waals surface area contributed by atoms with Crippen molar-refractivity contribution in [2.45, 2.75) is 19.9 Å². The summed E-state index contributed by atoms with van der Waals surface area (Å²) in [4.78, 5) is 35.2. The first-order chi connectivity index (χ1) is 16.0. The van der Waals surface area contributed by atoms with Gasteiger partial charge in [0.25, 0.3) is 5.56 Å². The highest BCUT2D eigenvalue weighted by Gasteiger charge is 2.20. The zero-order chi connectivity index (χ0) is 22.9. The lowest BCUT2D eigenvalue weighted by molar-refractivity contribution is -0.115. The normalized spacial score (nSPS) is 11.2. The minimum absolute atomic E-state index is 0.103. The Hall–Kier alpha value is -4.11. The van der Waals surface area contributed by atoms with Crippen LogP contribution in [0.25, 0.3) is 27.4 Å². The van der Waals surface area contributed by atoms with Gasteiger partial charge in [0.15, 0.2) is 11.0 Å². The molecule has 0 spiro atoms. The molecule has 0 aliphatic heterocycles. The summed E-state index contributed by atoms with van der Waals surface area (Å²) in [5, 5.41) is 7.76. The van der Waals surface area contributed by atoms with E-state index < -0.39 is 0 Å². The smallest absolute Gasteiger partial charge is 0.279 e. The minimum atomic E-state index is -0.364. The molecule has 3 aromatic heterocycles. The molecule has 164 valence electrons. The molecule has 0 saturated heterocycles. The molecule has 0 atom stereocenters. The van der Waals surface area contributed by atoms with Crippen molar-refractivity contribution < 1.29 is 4.79 Å². The number of amides is 1. The molecular weight excluding hydrogens is 436 g/mol. The Bertz CT molecular complexity index is 1530. The number of rotatable bonds is 6. The minimum Gasteiger partial charge on any atom is -0.310 e. The summed E-state index contributed by atoms with van der Waals surface area (Å²) >= 11 is 1.39. The van der Waals surface area contributed by atoms with Gasteiger partial charge in [-0.25, -0.2) is 4.98 Å². The van der Waals surface area contributed by atoms with Crippen LogP contribution >= 0.6 is 11.3 Å². The third kappa shape index (κ3) is 3.83. The molecule has 5 aromatic rings. The van der Waals surface area contributed by atoms with E-state index in [1.54, 1.807) is 6.08 Å². The third-order valence-electron chi connectivity index (χ3n) is 5.34. The van der Waals surface area contributed by atoms with Gasteiger partial charge in [-0.05, 0) is 19.1 Å². The van der Waals surface area contributed by atoms with Gasteiger partial charge in [0.1, 0.15) is 0 Å². The summed E-state index contributed by atoms with van der Waals surface area (Å²) in [6, 6.07) is 17.1. The molecule has 9 heteroatoms. The van der Waals surface area contributed by atoms with Crippen molar-refractivity contribution in [3.63, 3.8) is 0 Å². The van der Waals surface area contributed by atoms with E-state index in [2.05, 4.69) is 27.0 Å². The number of anilines is 1. The van der Waals surface area contributed by atoms with E-state index in [0.717, 1.165) is 15.8 Å². The number of carbonyl (C=O) groups is 1. The topological polar surface area (TPSA) is 94.2 Å². The first-order valence-corrected chi connectivity index (χ1v) is 11.2. The predicted octanol–water partition coefficient (Wildman–Crippen LogP) is 3.84. The lowest BCUT2D eigenvalue weighted by atomic mass is 10.1. The van der Waals surface area contributed by atoms with Crippen molar-refractivity contribution in [2.24, 2.45) is 0 Å². The number of hydrogen-bond acceptors (Lipinski definition) is 6. The molecule has 8 nitrogen and oxygen atoms in total. The summed E-state index contributed by atoms with van der Waals surface area (Å²) in [7, 11) is 0. The van der Waals surface area contributed by atoms with Gasteiger partial charge >= 0.3 is 0 Å². The Kier molecular flexibility index (Phi) is 5.31. The zero-order valence-corrected chi connectivity index (χ0v) is 18.7. The van der Waals surface area contributed by atoms with E-state index in [4.69, 9.17) is 0 Å². The van der Waals surface area contributed by atoms with Crippen LogP contribution in [-0.2, 0) is 17.8 Å². The van der Waals surface area contributed by atoms with E-state index in [0.29, 0.717) is 34.5 Å². The van der Waals surface area contributed by atoms with Gasteiger partial charge in [0.2, 0.25) is 11.7 Å². The number of carbonyl (C=O) groups excluding carboxylic acids is 1. The van der Waals surface area contributed by atoms with E-state index in [1.165, 1.54) is 15.9 Å². The van der Waals surface area contributed by atoms with Crippen molar-refractivity contribution in [1.29, 1.82) is 0 Å². The second-order valence-corrected chi connectivity index (χ2v) is 8.52. The van der Waals surface area contributed by atoms with Gasteiger partial charge in [-0.3, -0.25) is 9.59 Å². The lowest BCUT2D eigenvalue weighted by Crippen LogP contribution is -2.29. The molecule has 33 heavy (non-hydrogen) atoms. The molecule has 0 bridgehead atoms. The second kappa shape index (κ2) is 8.44. The molecule has 0 unspecified atom stereocenters. The average Bonchev–Trinajstić information content (AvgIpc) is 3.44. The Labute approximate surface area is 192 Å². The molecule has 5 rings (SSSR count). The molecule has 0 radical (unpaired) electrons. The van der Waals surface area contributed by atoms with Crippen molar-refractivity contribution in [3.8, 4) is 11.4 Å². The van der Waals surface area contributed by atoms with Crippen LogP contribution < -0.4 is 10.9 Å². The van der Waals surface area contributed by atoms with Gasteiger partial charge in [-0.2, -0.15) is 9.50 Å². The van der Waals surface area contributed by atoms with Crippen LogP contribution in [-0.4, -0.2) is 30.1 Å². The van der Waals surface area contributed by atoms with Crippen molar-refractivity contribution >= 4 is 38.4 Å². The largest absolute Gasteiger partial charge is 0.310 e. The molecule has 3 heterocycles. The maximum Gasteiger partial charge on any atom is 0.279 e. The SMILES string of the molecule is C=CCn1c(C)c(CC(=O)Nc2nc3ccccc3s2)c(=O)n2nc(-c3ccccc3)nc12. The number of nitrogens with zero attached hydrogens (tertiary/aromatic N) is 5. The van der Waals surface area contributed by atoms with Gasteiger partial charge < -0.3 is 9.88 Å². The summed E-state index contributed by atoms with van der Waals surface area (Å²) in [6.45, 7) is 6.05. The Morgan fingerprint density at radius 3 is 2.64 bits per heavy atom. The average molecular weight is 457 g/mol. The van der Waals surface area contributed by atoms with Gasteiger partial charge in [0.05, 0.1) is 16.6 Å². The summed E-state index contributed by atoms with van der Waals surface area (Å²) in [5.41, 5.74) is 2.27. The number of allylic oxidation sites excluding steroid dienone is 1. The maximum atomic E-state index is 13.3. The van der Waals surface area contributed by atoms with Crippen LogP contribution in [0.1, 0.15) is 11.3 Å². The molecule has 0 aliphatic carbocycles. The van der Waals surface area contributed by atoms with E-state index >= 15 is 0 Å². The lowest BCUT2D eigenvalue weighted by Gasteiger charge is -2.13. The zero-order valence-electron chi connectivity index (χ0n) is 17.9. The van der Waals surface area contributed by atoms with Gasteiger partial charge in [-0.15, -0.1) is 11.7 Å². The molecule has 2 aromatic carbocycles. The van der Waals surface area contributed by atoms with Gasteiger partial charge in [-0.1, -0.05) is 59.9 Å². The van der Waals surface area contributed by atoms with E-state index in [1.807, 2.05) is 66.1 Å². The first-order valence-electron chi connectivity index (χ1n) is 10.4. The molecule has 1 amide bonds. The number of hydrogen-bond donors (Lipinski definition) is 1. The van der Waals surface area contributed by atoms with E-state index in [9.17, 15) is 9.59 Å². The monoisotopic (exact) mass is 456 g/mol. The first kappa shape index (κ1) is 20.8. The number of aromatic nitrogens is 5. The third-order valence-corrected chi connectivity index (χ3v) is 6.30. The fraction of sp³-hybridized carbons (Fsp3) is 0.125. The number of fused-ring (bicyclic) bond motifs is 2. The number of nitrogens with one attached hydrogen (secondary N) is 1. The quantitative estimate of drug-likeness (QED) is 0.392. The van der Waals surface area contributed by atoms with Crippen molar-refractivity contribution in [3.05, 3.63) is 88.9 Å². The van der Waals surface area contributed by atoms with Crippen molar-refractivity contribution in [2.75, 3.05) is 5.32 Å². The molecule has 0 fully saturated rings. The highest BCUT2D eigenvalue weighted by atomic mass is 32.1. The van der Waals surface area contributed by atoms with Crippen LogP contribution in [0.2, 0.25) is 0 Å². The standard InChI is InChI=1S/C24H20N6O2S/c1-3-13-29-15(2)17(14-20(31)26-23-25-18-11-7-8-12-19(18)33-23)22(32)30-24(29)27-21(28-30)16-9-5-4-6-10-16/h3-12H,1,13-14H2,2H3,(H,25,26,31). The molecule has 0 aliphatic rings. The van der Waals surface area contributed by atoms with Crippen molar-refractivity contribution in [1.82, 2.24) is 24.1 Å². The van der Waals surface area contributed by atoms with Crippen LogP contribution in [0.15, 0.2) is 72.0 Å². The van der Waals surface area contributed by atoms with Crippen LogP contribution in [0.4, 0.5) is 5.13 Å². The van der Waals surface area contributed by atoms with Crippen LogP contribution in [0.5, 0.6) is 0 Å². The summed E-state index contributed by atoms with van der Waals surface area (Å²) in [5.74, 6) is 0.537. The highest BCUT2D eigenvalue weighted by molar-refractivity contribution is 7.22.